The molecule has 4 rings (SSSR count). The first kappa shape index (κ1) is 19.1. The number of halogens is 1. The molecule has 29 heavy (non-hydrogen) atoms. The number of ether oxygens (including phenoxy) is 1. The van der Waals surface area contributed by atoms with E-state index in [9.17, 15) is 14.9 Å². The molecule has 1 amide bonds. The van der Waals surface area contributed by atoms with Crippen molar-refractivity contribution in [2.45, 2.75) is 18.9 Å². The van der Waals surface area contributed by atoms with Crippen LogP contribution in [0.3, 0.4) is 0 Å². The number of fused-ring (bicyclic) bond motifs is 1. The highest BCUT2D eigenvalue weighted by Gasteiger charge is 2.29. The van der Waals surface area contributed by atoms with Crippen molar-refractivity contribution in [3.05, 3.63) is 69.4 Å². The fraction of sp³-hybridized carbons (Fsp3) is 0.250. The molecular formula is C20H17ClN4O4. The molecule has 0 aliphatic carbocycles. The number of rotatable bonds is 4. The zero-order chi connectivity index (χ0) is 20.4. The summed E-state index contributed by atoms with van der Waals surface area (Å²) in [5, 5.41) is 11.5. The van der Waals surface area contributed by atoms with Crippen LogP contribution in [0.2, 0.25) is 5.02 Å². The predicted molar refractivity (Wildman–Crippen MR) is 107 cm³/mol. The van der Waals surface area contributed by atoms with E-state index in [-0.39, 0.29) is 22.4 Å². The second kappa shape index (κ2) is 8.00. The van der Waals surface area contributed by atoms with E-state index < -0.39 is 10.8 Å². The van der Waals surface area contributed by atoms with E-state index >= 15 is 0 Å². The van der Waals surface area contributed by atoms with Crippen LogP contribution in [-0.2, 0) is 0 Å². The van der Waals surface area contributed by atoms with Gasteiger partial charge in [-0.25, -0.2) is 9.97 Å². The van der Waals surface area contributed by atoms with Gasteiger partial charge in [-0.2, -0.15) is 0 Å². The number of likely N-dealkylation sites (tertiary alicyclic amines) is 1. The quantitative estimate of drug-likeness (QED) is 0.476. The molecule has 2 aromatic carbocycles. The molecule has 1 saturated heterocycles. The normalized spacial score (nSPS) is 14.7. The van der Waals surface area contributed by atoms with E-state index in [1.54, 1.807) is 11.1 Å². The van der Waals surface area contributed by atoms with Gasteiger partial charge in [0.25, 0.3) is 11.6 Å². The average Bonchev–Trinajstić information content (AvgIpc) is 2.73. The Morgan fingerprint density at radius 1 is 1.17 bits per heavy atom. The van der Waals surface area contributed by atoms with Gasteiger partial charge in [0.15, 0.2) is 0 Å². The van der Waals surface area contributed by atoms with E-state index in [0.29, 0.717) is 31.8 Å². The smallest absolute Gasteiger partial charge is 0.282 e. The lowest BCUT2D eigenvalue weighted by atomic mass is 10.1. The maximum Gasteiger partial charge on any atom is 0.282 e. The van der Waals surface area contributed by atoms with E-state index in [1.165, 1.54) is 18.2 Å². The van der Waals surface area contributed by atoms with E-state index in [4.69, 9.17) is 16.3 Å². The lowest BCUT2D eigenvalue weighted by Gasteiger charge is -2.31. The van der Waals surface area contributed by atoms with Crippen LogP contribution in [-0.4, -0.2) is 44.9 Å². The lowest BCUT2D eigenvalue weighted by molar-refractivity contribution is -0.385. The molecule has 0 unspecified atom stereocenters. The second-order valence-electron chi connectivity index (χ2n) is 6.72. The molecule has 9 heteroatoms. The van der Waals surface area contributed by atoms with Gasteiger partial charge in [-0.15, -0.1) is 0 Å². The molecule has 1 aliphatic heterocycles. The Labute approximate surface area is 171 Å². The molecule has 1 fully saturated rings. The summed E-state index contributed by atoms with van der Waals surface area (Å²) in [6.07, 6.45) is 2.67. The largest absolute Gasteiger partial charge is 0.473 e. The van der Waals surface area contributed by atoms with Crippen LogP contribution >= 0.6 is 11.6 Å². The topological polar surface area (TPSA) is 98.5 Å². The number of amides is 1. The fourth-order valence-corrected chi connectivity index (χ4v) is 3.53. The Morgan fingerprint density at radius 2 is 1.90 bits per heavy atom. The predicted octanol–water partition coefficient (Wildman–Crippen LogP) is 3.88. The molecule has 0 N–H and O–H groups in total. The van der Waals surface area contributed by atoms with Crippen molar-refractivity contribution in [2.24, 2.45) is 0 Å². The minimum atomic E-state index is -0.572. The van der Waals surface area contributed by atoms with Crippen molar-refractivity contribution >= 4 is 34.2 Å². The van der Waals surface area contributed by atoms with Crippen molar-refractivity contribution in [2.75, 3.05) is 13.1 Å². The minimum Gasteiger partial charge on any atom is -0.473 e. The van der Waals surface area contributed by atoms with Gasteiger partial charge in [0, 0.05) is 37.0 Å². The van der Waals surface area contributed by atoms with Crippen LogP contribution in [0, 0.1) is 10.1 Å². The first-order chi connectivity index (χ1) is 14.0. The molecule has 8 nitrogen and oxygen atoms in total. The average molecular weight is 413 g/mol. The summed E-state index contributed by atoms with van der Waals surface area (Å²) in [5.41, 5.74) is 1.31. The molecule has 2 heterocycles. The molecule has 0 radical (unpaired) electrons. The first-order valence-electron chi connectivity index (χ1n) is 9.13. The van der Waals surface area contributed by atoms with Gasteiger partial charge in [0.2, 0.25) is 5.88 Å². The van der Waals surface area contributed by atoms with Crippen LogP contribution in [0.15, 0.2) is 48.7 Å². The Kier molecular flexibility index (Phi) is 5.26. The summed E-state index contributed by atoms with van der Waals surface area (Å²) in [6, 6.07) is 11.5. The van der Waals surface area contributed by atoms with Crippen LogP contribution in [0.4, 0.5) is 5.69 Å². The summed E-state index contributed by atoms with van der Waals surface area (Å²) in [5.74, 6) is 0.0436. The Balaban J connectivity index is 1.42. The van der Waals surface area contributed by atoms with Crippen molar-refractivity contribution in [1.29, 1.82) is 0 Å². The number of aromatic nitrogens is 2. The summed E-state index contributed by atoms with van der Waals surface area (Å²) in [6.45, 7) is 0.850. The molecule has 0 bridgehead atoms. The number of piperidine rings is 1. The molecule has 1 aliphatic rings. The monoisotopic (exact) mass is 412 g/mol. The molecule has 0 spiro atoms. The van der Waals surface area contributed by atoms with Gasteiger partial charge in [-0.3, -0.25) is 14.9 Å². The molecule has 3 aromatic rings. The Hall–Kier alpha value is -3.26. The van der Waals surface area contributed by atoms with Gasteiger partial charge >= 0.3 is 0 Å². The number of carbonyl (C=O) groups excluding carboxylic acids is 1. The van der Waals surface area contributed by atoms with Crippen LogP contribution < -0.4 is 4.74 Å². The number of benzene rings is 2. The van der Waals surface area contributed by atoms with Crippen LogP contribution in [0.25, 0.3) is 11.0 Å². The molecule has 148 valence electrons. The van der Waals surface area contributed by atoms with Crippen LogP contribution in [0.1, 0.15) is 23.2 Å². The minimum absolute atomic E-state index is 0.00210. The number of carbonyl (C=O) groups is 1. The van der Waals surface area contributed by atoms with Gasteiger partial charge < -0.3 is 9.64 Å². The Morgan fingerprint density at radius 3 is 2.62 bits per heavy atom. The number of para-hydroxylation sites is 2. The van der Waals surface area contributed by atoms with E-state index in [1.807, 2.05) is 24.3 Å². The third-order valence-corrected chi connectivity index (χ3v) is 5.06. The van der Waals surface area contributed by atoms with Crippen molar-refractivity contribution < 1.29 is 14.5 Å². The lowest BCUT2D eigenvalue weighted by Crippen LogP contribution is -2.42. The number of nitrogens with zero attached hydrogens (tertiary/aromatic N) is 4. The van der Waals surface area contributed by atoms with Gasteiger partial charge in [-0.1, -0.05) is 23.7 Å². The molecule has 0 atom stereocenters. The Bertz CT molecular complexity index is 1080. The van der Waals surface area contributed by atoms with Crippen molar-refractivity contribution in [3.63, 3.8) is 0 Å². The molecular weight excluding hydrogens is 396 g/mol. The van der Waals surface area contributed by atoms with E-state index in [2.05, 4.69) is 9.97 Å². The third-order valence-electron chi connectivity index (χ3n) is 4.83. The van der Waals surface area contributed by atoms with E-state index in [0.717, 1.165) is 11.0 Å². The van der Waals surface area contributed by atoms with Gasteiger partial charge in [0.05, 0.1) is 22.2 Å². The van der Waals surface area contributed by atoms with Crippen molar-refractivity contribution in [1.82, 2.24) is 14.9 Å². The number of nitro groups is 1. The number of nitro benzene ring substituents is 1. The van der Waals surface area contributed by atoms with Gasteiger partial charge in [-0.05, 0) is 24.3 Å². The number of hydrogen-bond donors (Lipinski definition) is 0. The standard InChI is InChI=1S/C20H17ClN4O4/c21-13-5-6-18(25(27)28)15(11-13)20(26)24-9-7-14(8-10-24)29-19-12-22-16-3-1-2-4-17(16)23-19/h1-6,11-12,14H,7-10H2. The van der Waals surface area contributed by atoms with Crippen LogP contribution in [0.5, 0.6) is 5.88 Å². The zero-order valence-electron chi connectivity index (χ0n) is 15.3. The maximum absolute atomic E-state index is 12.8. The highest BCUT2D eigenvalue weighted by Crippen LogP contribution is 2.26. The first-order valence-corrected chi connectivity index (χ1v) is 9.51. The highest BCUT2D eigenvalue weighted by molar-refractivity contribution is 6.31. The number of hydrogen-bond acceptors (Lipinski definition) is 6. The molecule has 1 aromatic heterocycles. The summed E-state index contributed by atoms with van der Waals surface area (Å²) >= 11 is 5.93. The summed E-state index contributed by atoms with van der Waals surface area (Å²) in [4.78, 5) is 33.8. The van der Waals surface area contributed by atoms with Crippen molar-refractivity contribution in [3.8, 4) is 5.88 Å². The molecule has 0 saturated carbocycles. The second-order valence-corrected chi connectivity index (χ2v) is 7.16. The zero-order valence-corrected chi connectivity index (χ0v) is 16.1. The third kappa shape index (κ3) is 4.12. The van der Waals surface area contributed by atoms with Gasteiger partial charge in [0.1, 0.15) is 11.7 Å². The fourth-order valence-electron chi connectivity index (χ4n) is 3.35. The highest BCUT2D eigenvalue weighted by atomic mass is 35.5. The summed E-state index contributed by atoms with van der Waals surface area (Å²) < 4.78 is 5.94. The maximum atomic E-state index is 12.8. The summed E-state index contributed by atoms with van der Waals surface area (Å²) in [7, 11) is 0. The SMILES string of the molecule is O=C(c1cc(Cl)ccc1[N+](=O)[O-])N1CCC(Oc2cnc3ccccc3n2)CC1.